The van der Waals surface area contributed by atoms with Crippen LogP contribution in [0.1, 0.15) is 40.2 Å². The Labute approximate surface area is 208 Å². The molecule has 36 heavy (non-hydrogen) atoms. The number of hydrogen-bond acceptors (Lipinski definition) is 7. The Hall–Kier alpha value is -3.05. The van der Waals surface area contributed by atoms with Crippen LogP contribution in [-0.2, 0) is 10.2 Å². The highest BCUT2D eigenvalue weighted by molar-refractivity contribution is 5.99. The predicted octanol–water partition coefficient (Wildman–Crippen LogP) is 4.47. The Bertz CT molecular complexity index is 1340. The number of nitrogens with one attached hydrogen (secondary N) is 1. The summed E-state index contributed by atoms with van der Waals surface area (Å²) in [5.41, 5.74) is 1.60. The lowest BCUT2D eigenvalue weighted by Gasteiger charge is -2.41. The van der Waals surface area contributed by atoms with Crippen molar-refractivity contribution in [2.75, 3.05) is 31.6 Å². The average molecular weight is 502 g/mol. The number of likely N-dealkylation sites (tertiary alicyclic amines) is 1. The van der Waals surface area contributed by atoms with Crippen LogP contribution >= 0.6 is 0 Å². The van der Waals surface area contributed by atoms with Crippen LogP contribution in [0.5, 0.6) is 0 Å². The van der Waals surface area contributed by atoms with Gasteiger partial charge in [0.2, 0.25) is 12.4 Å². The van der Waals surface area contributed by atoms with E-state index in [1.54, 1.807) is 32.2 Å². The molecule has 0 aromatic carbocycles. The zero-order valence-corrected chi connectivity index (χ0v) is 20.2. The standard InChI is InChI=1S/C25H28F3N7O.H2/c1-14-25(2,9-21(27)28)23-19(30-14)4-3-18(32-23)22-17(26)11-35-20(22)10-29-24(33-35)31-15-5-7-34(8-6-15)16-12-36-13-16;/h3-4,10-11,15-16,21H,5-9,12-13H2,1-2H3,(H,31,33);1H. The topological polar surface area (TPSA) is 79.9 Å². The van der Waals surface area contributed by atoms with Gasteiger partial charge in [-0.1, -0.05) is 0 Å². The molecule has 192 valence electrons. The van der Waals surface area contributed by atoms with E-state index in [9.17, 15) is 8.78 Å². The van der Waals surface area contributed by atoms with Gasteiger partial charge in [0.25, 0.3) is 0 Å². The van der Waals surface area contributed by atoms with Crippen LogP contribution in [0.15, 0.2) is 29.5 Å². The minimum atomic E-state index is -2.51. The van der Waals surface area contributed by atoms with Crippen LogP contribution in [0.2, 0.25) is 0 Å². The van der Waals surface area contributed by atoms with Gasteiger partial charge in [-0.2, -0.15) is 0 Å². The minimum Gasteiger partial charge on any atom is -0.378 e. The highest BCUT2D eigenvalue weighted by Gasteiger charge is 2.41. The second kappa shape index (κ2) is 8.81. The van der Waals surface area contributed by atoms with Crippen LogP contribution < -0.4 is 5.32 Å². The fourth-order valence-corrected chi connectivity index (χ4v) is 5.40. The molecule has 0 amide bonds. The molecule has 8 nitrogen and oxygen atoms in total. The van der Waals surface area contributed by atoms with E-state index >= 15 is 4.39 Å². The zero-order chi connectivity index (χ0) is 25.0. The van der Waals surface area contributed by atoms with Crippen LogP contribution in [0.3, 0.4) is 0 Å². The SMILES string of the molecule is CC1=Nc2ccc(-c3c(F)cn4nc(NC5CCN(C6COC6)CC5)ncc34)nc2C1(C)CC(F)F.[HH]. The van der Waals surface area contributed by atoms with E-state index in [4.69, 9.17) is 4.74 Å². The molecule has 2 fully saturated rings. The lowest BCUT2D eigenvalue weighted by molar-refractivity contribution is -0.0705. The summed E-state index contributed by atoms with van der Waals surface area (Å²) in [7, 11) is 0. The molecule has 3 aliphatic heterocycles. The molecule has 3 aromatic rings. The lowest BCUT2D eigenvalue weighted by Crippen LogP contribution is -2.53. The molecule has 11 heteroatoms. The molecule has 0 aliphatic carbocycles. The number of fused-ring (bicyclic) bond motifs is 2. The Morgan fingerprint density at radius 3 is 2.72 bits per heavy atom. The van der Waals surface area contributed by atoms with Gasteiger partial charge >= 0.3 is 0 Å². The molecule has 3 aliphatic rings. The number of hydrogen-bond donors (Lipinski definition) is 1. The summed E-state index contributed by atoms with van der Waals surface area (Å²) >= 11 is 0. The Morgan fingerprint density at radius 1 is 1.25 bits per heavy atom. The van der Waals surface area contributed by atoms with E-state index in [1.807, 2.05) is 0 Å². The van der Waals surface area contributed by atoms with Gasteiger partial charge in [0.1, 0.15) is 0 Å². The Kier molecular flexibility index (Phi) is 5.71. The fourth-order valence-electron chi connectivity index (χ4n) is 5.40. The summed E-state index contributed by atoms with van der Waals surface area (Å²) in [5.74, 6) is -0.0685. The normalized spacial score (nSPS) is 23.2. The highest BCUT2D eigenvalue weighted by atomic mass is 19.3. The molecule has 3 aromatic heterocycles. The van der Waals surface area contributed by atoms with Crippen LogP contribution in [0, 0.1) is 5.82 Å². The molecule has 1 atom stereocenters. The molecular weight excluding hydrogens is 471 g/mol. The number of ether oxygens (including phenoxy) is 1. The number of nitrogens with zero attached hydrogens (tertiary/aromatic N) is 6. The first-order valence-electron chi connectivity index (χ1n) is 12.3. The van der Waals surface area contributed by atoms with E-state index in [-0.39, 0.29) is 13.0 Å². The van der Waals surface area contributed by atoms with Crippen molar-refractivity contribution in [3.8, 4) is 11.3 Å². The summed E-state index contributed by atoms with van der Waals surface area (Å²) < 4.78 is 48.6. The van der Waals surface area contributed by atoms with E-state index in [0.717, 1.165) is 39.1 Å². The quantitative estimate of drug-likeness (QED) is 0.537. The number of alkyl halides is 2. The summed E-state index contributed by atoms with van der Waals surface area (Å²) in [4.78, 5) is 16.0. The van der Waals surface area contributed by atoms with Crippen molar-refractivity contribution in [1.82, 2.24) is 24.5 Å². The van der Waals surface area contributed by atoms with Crippen LogP contribution in [-0.4, -0.2) is 75.0 Å². The largest absolute Gasteiger partial charge is 0.378 e. The van der Waals surface area contributed by atoms with Gasteiger partial charge in [-0.3, -0.25) is 9.89 Å². The van der Waals surface area contributed by atoms with Crippen molar-refractivity contribution in [1.29, 1.82) is 0 Å². The van der Waals surface area contributed by atoms with Crippen molar-refractivity contribution in [3.63, 3.8) is 0 Å². The summed E-state index contributed by atoms with van der Waals surface area (Å²) in [6.45, 7) is 7.06. The van der Waals surface area contributed by atoms with Crippen molar-refractivity contribution >= 4 is 22.9 Å². The van der Waals surface area contributed by atoms with E-state index in [1.165, 1.54) is 10.7 Å². The predicted molar refractivity (Wildman–Crippen MR) is 132 cm³/mol. The first-order chi connectivity index (χ1) is 17.3. The van der Waals surface area contributed by atoms with Crippen molar-refractivity contribution < 1.29 is 19.3 Å². The van der Waals surface area contributed by atoms with Crippen molar-refractivity contribution in [2.24, 2.45) is 4.99 Å². The third-order valence-electron chi connectivity index (χ3n) is 7.79. The van der Waals surface area contributed by atoms with Crippen molar-refractivity contribution in [2.45, 2.75) is 57.0 Å². The number of anilines is 1. The zero-order valence-electron chi connectivity index (χ0n) is 20.2. The monoisotopic (exact) mass is 501 g/mol. The maximum Gasteiger partial charge on any atom is 0.241 e. The fraction of sp³-hybridized carbons (Fsp3) is 0.520. The van der Waals surface area contributed by atoms with Gasteiger partial charge in [-0.05, 0) is 38.8 Å². The highest BCUT2D eigenvalue weighted by Crippen LogP contribution is 2.44. The van der Waals surface area contributed by atoms with Gasteiger partial charge in [-0.25, -0.2) is 27.7 Å². The Morgan fingerprint density at radius 2 is 2.03 bits per heavy atom. The number of aliphatic imine (C=N–C) groups is 1. The second-order valence-corrected chi connectivity index (χ2v) is 10.1. The molecular formula is C25H30F3N7O. The Balaban J connectivity index is 0.00000280. The van der Waals surface area contributed by atoms with Gasteiger partial charge in [0.05, 0.1) is 65.2 Å². The smallest absolute Gasteiger partial charge is 0.241 e. The average Bonchev–Trinajstić information content (AvgIpc) is 3.25. The van der Waals surface area contributed by atoms with Crippen molar-refractivity contribution in [3.05, 3.63) is 36.0 Å². The van der Waals surface area contributed by atoms with Gasteiger partial charge < -0.3 is 10.1 Å². The summed E-state index contributed by atoms with van der Waals surface area (Å²) in [6, 6.07) is 4.15. The summed E-state index contributed by atoms with van der Waals surface area (Å²) in [5, 5.41) is 7.86. The first-order valence-corrected chi connectivity index (χ1v) is 12.3. The third kappa shape index (κ3) is 3.94. The number of pyridine rings is 1. The maximum atomic E-state index is 15.2. The van der Waals surface area contributed by atoms with E-state index < -0.39 is 24.1 Å². The summed E-state index contributed by atoms with van der Waals surface area (Å²) in [6.07, 6.45) is 1.91. The van der Waals surface area contributed by atoms with Gasteiger partial charge in [0.15, 0.2) is 5.82 Å². The van der Waals surface area contributed by atoms with Gasteiger partial charge in [-0.15, -0.1) is 5.10 Å². The molecule has 1 N–H and O–H groups in total. The molecule has 2 saturated heterocycles. The number of aromatic nitrogens is 4. The minimum absolute atomic E-state index is 0. The van der Waals surface area contributed by atoms with Crippen LogP contribution in [0.4, 0.5) is 24.8 Å². The second-order valence-electron chi connectivity index (χ2n) is 10.1. The van der Waals surface area contributed by atoms with E-state index in [0.29, 0.717) is 40.3 Å². The lowest BCUT2D eigenvalue weighted by atomic mass is 9.80. The molecule has 1 unspecified atom stereocenters. The third-order valence-corrected chi connectivity index (χ3v) is 7.79. The number of piperidine rings is 1. The van der Waals surface area contributed by atoms with E-state index in [2.05, 4.69) is 30.3 Å². The molecule has 0 saturated carbocycles. The maximum absolute atomic E-state index is 15.2. The molecule has 6 rings (SSSR count). The first kappa shape index (κ1) is 23.4. The molecule has 0 spiro atoms. The van der Waals surface area contributed by atoms with Crippen LogP contribution in [0.25, 0.3) is 16.8 Å². The number of rotatable bonds is 6. The molecule has 0 bridgehead atoms. The van der Waals surface area contributed by atoms with Gasteiger partial charge in [0, 0.05) is 32.7 Å². The molecule has 6 heterocycles. The molecule has 0 radical (unpaired) electrons. The number of halogens is 3.